The van der Waals surface area contributed by atoms with Crippen molar-refractivity contribution in [3.05, 3.63) is 65.5 Å². The number of nitrogens with zero attached hydrogens (tertiary/aromatic N) is 1. The van der Waals surface area contributed by atoms with E-state index < -0.39 is 11.9 Å². The minimum atomic E-state index is -1.04. The Morgan fingerprint density at radius 1 is 1.24 bits per heavy atom. The molecule has 1 heterocycles. The van der Waals surface area contributed by atoms with Crippen LogP contribution in [0.1, 0.15) is 39.1 Å². The number of carbonyl (C=O) groups excluding carboxylic acids is 1. The fourth-order valence-electron chi connectivity index (χ4n) is 1.96. The number of carboxylic acids is 1. The molecule has 0 saturated heterocycles. The Bertz CT molecular complexity index is 640. The average Bonchev–Trinajstić information content (AvgIpc) is 2.53. The number of ether oxygens (including phenoxy) is 1. The fraction of sp³-hybridized carbons (Fsp3) is 0.188. The molecule has 5 nitrogen and oxygen atoms in total. The van der Waals surface area contributed by atoms with Crippen molar-refractivity contribution in [2.24, 2.45) is 0 Å². The lowest BCUT2D eigenvalue weighted by molar-refractivity contribution is 0.0485. The second-order valence-corrected chi connectivity index (χ2v) is 4.63. The molecule has 0 amide bonds. The molecule has 21 heavy (non-hydrogen) atoms. The summed E-state index contributed by atoms with van der Waals surface area (Å²) in [6, 6.07) is 10.3. The van der Waals surface area contributed by atoms with E-state index in [0.29, 0.717) is 11.1 Å². The van der Waals surface area contributed by atoms with Gasteiger partial charge in [-0.15, -0.1) is 0 Å². The monoisotopic (exact) mass is 285 g/mol. The summed E-state index contributed by atoms with van der Waals surface area (Å²) in [7, 11) is 0. The molecule has 0 aliphatic carbocycles. The first-order chi connectivity index (χ1) is 10.1. The van der Waals surface area contributed by atoms with Crippen LogP contribution in [-0.2, 0) is 4.74 Å². The van der Waals surface area contributed by atoms with E-state index >= 15 is 0 Å². The molecule has 1 atom stereocenters. The summed E-state index contributed by atoms with van der Waals surface area (Å²) in [4.78, 5) is 26.8. The second-order valence-electron chi connectivity index (χ2n) is 4.63. The number of benzene rings is 1. The van der Waals surface area contributed by atoms with Gasteiger partial charge in [-0.2, -0.15) is 0 Å². The lowest BCUT2D eigenvalue weighted by Gasteiger charge is -2.14. The van der Waals surface area contributed by atoms with Crippen molar-refractivity contribution in [3.8, 4) is 0 Å². The van der Waals surface area contributed by atoms with Crippen molar-refractivity contribution >= 4 is 11.9 Å². The Morgan fingerprint density at radius 2 is 1.95 bits per heavy atom. The van der Waals surface area contributed by atoms with E-state index in [4.69, 9.17) is 9.84 Å². The van der Waals surface area contributed by atoms with Crippen LogP contribution in [0.15, 0.2) is 48.8 Å². The molecule has 0 aliphatic heterocycles. The van der Waals surface area contributed by atoms with Crippen LogP contribution < -0.4 is 0 Å². The number of carbonyl (C=O) groups is 2. The zero-order valence-corrected chi connectivity index (χ0v) is 11.5. The van der Waals surface area contributed by atoms with Crippen LogP contribution in [-0.4, -0.2) is 28.6 Å². The largest absolute Gasteiger partial charge is 0.478 e. The van der Waals surface area contributed by atoms with Gasteiger partial charge in [0.05, 0.1) is 17.7 Å². The molecule has 0 aliphatic rings. The summed E-state index contributed by atoms with van der Waals surface area (Å²) in [5.41, 5.74) is 1.19. The van der Waals surface area contributed by atoms with Crippen LogP contribution in [0.4, 0.5) is 0 Å². The third-order valence-electron chi connectivity index (χ3n) is 3.09. The van der Waals surface area contributed by atoms with Crippen molar-refractivity contribution in [1.82, 2.24) is 4.98 Å². The SMILES string of the molecule is CC(COC(=O)c1ccccc1)c1ccncc1C(=O)O. The standard InChI is InChI=1S/C16H15NO4/c1-11(13-7-8-17-9-14(13)15(18)19)10-21-16(20)12-5-3-2-4-6-12/h2-9,11H,10H2,1H3,(H,18,19). The van der Waals surface area contributed by atoms with Crippen molar-refractivity contribution in [2.75, 3.05) is 6.61 Å². The zero-order valence-electron chi connectivity index (χ0n) is 11.5. The van der Waals surface area contributed by atoms with Crippen molar-refractivity contribution < 1.29 is 19.4 Å². The third-order valence-corrected chi connectivity index (χ3v) is 3.09. The van der Waals surface area contributed by atoms with Crippen LogP contribution in [0, 0.1) is 0 Å². The second kappa shape index (κ2) is 6.65. The van der Waals surface area contributed by atoms with Crippen molar-refractivity contribution in [1.29, 1.82) is 0 Å². The zero-order chi connectivity index (χ0) is 15.2. The Morgan fingerprint density at radius 3 is 2.62 bits per heavy atom. The molecule has 1 N–H and O–H groups in total. The normalized spacial score (nSPS) is 11.7. The van der Waals surface area contributed by atoms with Gasteiger partial charge in [0.1, 0.15) is 0 Å². The fourth-order valence-corrected chi connectivity index (χ4v) is 1.96. The molecule has 2 aromatic rings. The topological polar surface area (TPSA) is 76.5 Å². The smallest absolute Gasteiger partial charge is 0.338 e. The summed E-state index contributed by atoms with van der Waals surface area (Å²) in [6.45, 7) is 1.91. The van der Waals surface area contributed by atoms with E-state index in [0.717, 1.165) is 0 Å². The van der Waals surface area contributed by atoms with E-state index in [-0.39, 0.29) is 18.1 Å². The first kappa shape index (κ1) is 14.7. The van der Waals surface area contributed by atoms with Gasteiger partial charge < -0.3 is 9.84 Å². The Kier molecular flexibility index (Phi) is 4.66. The van der Waals surface area contributed by atoms with Crippen molar-refractivity contribution in [2.45, 2.75) is 12.8 Å². The van der Waals surface area contributed by atoms with Gasteiger partial charge in [0.2, 0.25) is 0 Å². The van der Waals surface area contributed by atoms with Gasteiger partial charge in [0, 0.05) is 18.3 Å². The van der Waals surface area contributed by atoms with Crippen molar-refractivity contribution in [3.63, 3.8) is 0 Å². The Hall–Kier alpha value is -2.69. The van der Waals surface area contributed by atoms with E-state index in [2.05, 4.69) is 4.98 Å². The maximum Gasteiger partial charge on any atom is 0.338 e. The first-order valence-electron chi connectivity index (χ1n) is 6.49. The van der Waals surface area contributed by atoms with Crippen LogP contribution >= 0.6 is 0 Å². The number of aromatic carboxylic acids is 1. The van der Waals surface area contributed by atoms with Crippen LogP contribution in [0.2, 0.25) is 0 Å². The van der Waals surface area contributed by atoms with E-state index in [9.17, 15) is 9.59 Å². The highest BCUT2D eigenvalue weighted by molar-refractivity contribution is 5.90. The summed E-state index contributed by atoms with van der Waals surface area (Å²) >= 11 is 0. The molecule has 0 saturated carbocycles. The predicted octanol–water partition coefficient (Wildman–Crippen LogP) is 2.74. The lowest BCUT2D eigenvalue weighted by atomic mass is 9.98. The molecule has 108 valence electrons. The van der Waals surface area contributed by atoms with E-state index in [1.807, 2.05) is 6.07 Å². The quantitative estimate of drug-likeness (QED) is 0.855. The molecule has 1 aromatic carbocycles. The van der Waals surface area contributed by atoms with E-state index in [1.54, 1.807) is 37.3 Å². The predicted molar refractivity (Wildman–Crippen MR) is 76.3 cm³/mol. The summed E-state index contributed by atoms with van der Waals surface area (Å²) < 4.78 is 5.23. The summed E-state index contributed by atoms with van der Waals surface area (Å²) in [6.07, 6.45) is 2.82. The Labute approximate surface area is 122 Å². The van der Waals surface area contributed by atoms with Gasteiger partial charge in [-0.25, -0.2) is 9.59 Å². The van der Waals surface area contributed by atoms with Gasteiger partial charge in [-0.1, -0.05) is 25.1 Å². The van der Waals surface area contributed by atoms with Gasteiger partial charge in [0.15, 0.2) is 0 Å². The first-order valence-corrected chi connectivity index (χ1v) is 6.49. The number of carboxylic acid groups (broad SMARTS) is 1. The number of rotatable bonds is 5. The number of pyridine rings is 1. The molecular weight excluding hydrogens is 270 g/mol. The molecule has 0 radical (unpaired) electrons. The molecule has 0 bridgehead atoms. The maximum atomic E-state index is 11.8. The van der Waals surface area contributed by atoms with E-state index in [1.165, 1.54) is 12.4 Å². The summed E-state index contributed by atoms with van der Waals surface area (Å²) in [5, 5.41) is 9.12. The van der Waals surface area contributed by atoms with Gasteiger partial charge >= 0.3 is 11.9 Å². The molecule has 0 fully saturated rings. The Balaban J connectivity index is 2.04. The summed E-state index contributed by atoms with van der Waals surface area (Å²) in [5.74, 6) is -1.69. The molecule has 5 heteroatoms. The number of hydrogen-bond acceptors (Lipinski definition) is 4. The third kappa shape index (κ3) is 3.66. The molecule has 0 spiro atoms. The average molecular weight is 285 g/mol. The van der Waals surface area contributed by atoms with Crippen LogP contribution in [0.25, 0.3) is 0 Å². The minimum absolute atomic E-state index is 0.109. The van der Waals surface area contributed by atoms with Gasteiger partial charge in [0.25, 0.3) is 0 Å². The maximum absolute atomic E-state index is 11.8. The molecule has 1 aromatic heterocycles. The minimum Gasteiger partial charge on any atom is -0.478 e. The molecule has 2 rings (SSSR count). The highest BCUT2D eigenvalue weighted by Gasteiger charge is 2.17. The highest BCUT2D eigenvalue weighted by atomic mass is 16.5. The number of hydrogen-bond donors (Lipinski definition) is 1. The van der Waals surface area contributed by atoms with Gasteiger partial charge in [-0.05, 0) is 23.8 Å². The van der Waals surface area contributed by atoms with Crippen LogP contribution in [0.3, 0.4) is 0 Å². The highest BCUT2D eigenvalue weighted by Crippen LogP contribution is 2.20. The molecule has 1 unspecified atom stereocenters. The molecular formula is C16H15NO4. The number of esters is 1. The van der Waals surface area contributed by atoms with Gasteiger partial charge in [-0.3, -0.25) is 4.98 Å². The lowest BCUT2D eigenvalue weighted by Crippen LogP contribution is -2.14. The van der Waals surface area contributed by atoms with Crippen LogP contribution in [0.5, 0.6) is 0 Å². The number of aromatic nitrogens is 1.